The highest BCUT2D eigenvalue weighted by Gasteiger charge is 2.60. The first-order chi connectivity index (χ1) is 21.6. The summed E-state index contributed by atoms with van der Waals surface area (Å²) in [6.07, 6.45) is 17.2. The van der Waals surface area contributed by atoms with Crippen LogP contribution in [0, 0.1) is 28.6 Å². The van der Waals surface area contributed by atoms with Crippen molar-refractivity contribution in [3.63, 3.8) is 0 Å². The molecule has 1 aromatic rings. The standard InChI is InChI=1S/C39H54NO5/c1-6-18-40(19-8-7-9-20-40)21-22-44-35-13-10-28(24-36(35)43-5)23-29-25-34-32-12-11-30-26-31(45-27(2)41)14-16-38(30,3)33(32)15-17-39(34,4)37(29)42/h6,10-11,13,23-24,31-34H,1,7-9,12,14-22,25-26H2,2-5H3/q+1/b29-23+/t31-,32+,33-,34-,38-,39-/m0/s1. The molecule has 6 nitrogen and oxygen atoms in total. The van der Waals surface area contributed by atoms with Crippen LogP contribution in [0.15, 0.2) is 48.1 Å². The zero-order chi connectivity index (χ0) is 31.8. The number of hydrogen-bond donors (Lipinski definition) is 0. The van der Waals surface area contributed by atoms with Gasteiger partial charge in [-0.1, -0.05) is 38.1 Å². The van der Waals surface area contributed by atoms with E-state index in [-0.39, 0.29) is 22.9 Å². The van der Waals surface area contributed by atoms with Crippen molar-refractivity contribution in [1.82, 2.24) is 0 Å². The second-order valence-electron chi connectivity index (χ2n) is 15.2. The van der Waals surface area contributed by atoms with Gasteiger partial charge in [0.25, 0.3) is 0 Å². The van der Waals surface area contributed by atoms with E-state index in [1.165, 1.54) is 44.8 Å². The van der Waals surface area contributed by atoms with Gasteiger partial charge in [0.15, 0.2) is 17.3 Å². The first-order valence-electron chi connectivity index (χ1n) is 17.5. The maximum atomic E-state index is 14.0. The molecule has 244 valence electrons. The molecule has 0 N–H and O–H groups in total. The Hall–Kier alpha value is -2.86. The highest BCUT2D eigenvalue weighted by Crippen LogP contribution is 2.65. The molecule has 1 heterocycles. The van der Waals surface area contributed by atoms with E-state index < -0.39 is 0 Å². The van der Waals surface area contributed by atoms with Gasteiger partial charge >= 0.3 is 5.97 Å². The largest absolute Gasteiger partial charge is 0.493 e. The first kappa shape index (κ1) is 32.1. The van der Waals surface area contributed by atoms with Gasteiger partial charge in [-0.05, 0) is 116 Å². The van der Waals surface area contributed by atoms with E-state index in [4.69, 9.17) is 14.2 Å². The molecule has 1 aromatic carbocycles. The average molecular weight is 617 g/mol. The second kappa shape index (κ2) is 12.7. The zero-order valence-electron chi connectivity index (χ0n) is 28.1. The molecular formula is C39H54NO5+. The monoisotopic (exact) mass is 616 g/mol. The molecule has 0 amide bonds. The summed E-state index contributed by atoms with van der Waals surface area (Å²) in [5.41, 5.74) is 3.27. The first-order valence-corrected chi connectivity index (χ1v) is 17.5. The van der Waals surface area contributed by atoms with Crippen LogP contribution in [0.5, 0.6) is 11.5 Å². The quantitative estimate of drug-likeness (QED) is 0.123. The molecule has 1 aliphatic heterocycles. The lowest BCUT2D eigenvalue weighted by atomic mass is 9.48. The molecule has 1 saturated heterocycles. The SMILES string of the molecule is C=CC[N+]1(CCOc2ccc(/C=C3\C[C@H]4[C@@H]5CC=C6C[C@@H](OC(C)=O)CC[C@]6(C)[C@H]5CC[C@]4(C)C3=O)cc2OC)CCCCC1. The van der Waals surface area contributed by atoms with Gasteiger partial charge in [0.1, 0.15) is 19.3 Å². The number of fused-ring (bicyclic) bond motifs is 5. The second-order valence-corrected chi connectivity index (χ2v) is 15.2. The molecule has 0 unspecified atom stereocenters. The Bertz CT molecular complexity index is 1370. The molecule has 6 atom stereocenters. The minimum Gasteiger partial charge on any atom is -0.493 e. The topological polar surface area (TPSA) is 61.8 Å². The lowest BCUT2D eigenvalue weighted by Crippen LogP contribution is -2.53. The Morgan fingerprint density at radius 1 is 1.04 bits per heavy atom. The number of nitrogens with zero attached hydrogens (tertiary/aromatic N) is 1. The van der Waals surface area contributed by atoms with E-state index in [1.807, 2.05) is 12.1 Å². The summed E-state index contributed by atoms with van der Waals surface area (Å²) in [7, 11) is 1.69. The fourth-order valence-corrected chi connectivity index (χ4v) is 10.2. The van der Waals surface area contributed by atoms with Crippen LogP contribution in [-0.4, -0.2) is 62.2 Å². The van der Waals surface area contributed by atoms with Crippen molar-refractivity contribution in [2.45, 2.75) is 91.1 Å². The van der Waals surface area contributed by atoms with E-state index in [9.17, 15) is 9.59 Å². The van der Waals surface area contributed by atoms with Gasteiger partial charge in [0.2, 0.25) is 0 Å². The van der Waals surface area contributed by atoms with E-state index in [2.05, 4.69) is 44.7 Å². The van der Waals surface area contributed by atoms with Gasteiger partial charge in [-0.2, -0.15) is 0 Å². The number of methoxy groups -OCH3 is 1. The molecule has 0 radical (unpaired) electrons. The summed E-state index contributed by atoms with van der Waals surface area (Å²) in [5.74, 6) is 3.08. The third-order valence-electron chi connectivity index (χ3n) is 12.7. The van der Waals surface area contributed by atoms with Gasteiger partial charge < -0.3 is 18.7 Å². The Kier molecular flexibility index (Phi) is 9.08. The molecule has 0 aromatic heterocycles. The van der Waals surface area contributed by atoms with E-state index in [0.29, 0.717) is 30.1 Å². The molecule has 0 spiro atoms. The van der Waals surface area contributed by atoms with Crippen molar-refractivity contribution in [2.24, 2.45) is 28.6 Å². The molecule has 45 heavy (non-hydrogen) atoms. The lowest BCUT2D eigenvalue weighted by Gasteiger charge is -2.56. The number of likely N-dealkylation sites (tertiary alicyclic amines) is 1. The number of piperidine rings is 1. The number of rotatable bonds is 9. The van der Waals surface area contributed by atoms with Crippen molar-refractivity contribution in [2.75, 3.05) is 39.9 Å². The number of ether oxygens (including phenoxy) is 3. The van der Waals surface area contributed by atoms with Crippen molar-refractivity contribution < 1.29 is 28.3 Å². The predicted molar refractivity (Wildman–Crippen MR) is 178 cm³/mol. The molecule has 3 saturated carbocycles. The van der Waals surface area contributed by atoms with Crippen LogP contribution < -0.4 is 9.47 Å². The summed E-state index contributed by atoms with van der Waals surface area (Å²) in [6, 6.07) is 6.10. The fourth-order valence-electron chi connectivity index (χ4n) is 10.2. The maximum absolute atomic E-state index is 14.0. The molecule has 4 fully saturated rings. The van der Waals surface area contributed by atoms with Crippen LogP contribution in [0.3, 0.4) is 0 Å². The highest BCUT2D eigenvalue weighted by molar-refractivity contribution is 6.06. The van der Waals surface area contributed by atoms with Gasteiger partial charge in [0.05, 0.1) is 26.7 Å². The normalized spacial score (nSPS) is 34.6. The Balaban J connectivity index is 1.16. The van der Waals surface area contributed by atoms with Crippen molar-refractivity contribution in [3.8, 4) is 11.5 Å². The number of quaternary nitrogens is 1. The van der Waals surface area contributed by atoms with E-state index in [1.54, 1.807) is 7.11 Å². The number of Topliss-reactive ketones (excluding diaryl/α,β-unsaturated/α-hetero) is 1. The van der Waals surface area contributed by atoms with Crippen LogP contribution in [0.1, 0.15) is 90.5 Å². The fraction of sp³-hybridized carbons (Fsp3) is 0.641. The van der Waals surface area contributed by atoms with E-state index in [0.717, 1.165) is 85.2 Å². The summed E-state index contributed by atoms with van der Waals surface area (Å²) in [4.78, 5) is 25.7. The van der Waals surface area contributed by atoms with Crippen LogP contribution in [-0.2, 0) is 14.3 Å². The number of carbonyl (C=O) groups excluding carboxylic acids is 2. The minimum absolute atomic E-state index is 0.00793. The highest BCUT2D eigenvalue weighted by atomic mass is 16.5. The number of allylic oxidation sites excluding steroid dienone is 2. The van der Waals surface area contributed by atoms with Crippen molar-refractivity contribution in [1.29, 1.82) is 0 Å². The lowest BCUT2D eigenvalue weighted by molar-refractivity contribution is -0.927. The van der Waals surface area contributed by atoms with Gasteiger partial charge in [-0.15, -0.1) is 0 Å². The summed E-state index contributed by atoms with van der Waals surface area (Å²) in [5, 5.41) is 0. The van der Waals surface area contributed by atoms with Crippen molar-refractivity contribution >= 4 is 17.8 Å². The number of hydrogen-bond acceptors (Lipinski definition) is 5. The molecule has 5 aliphatic rings. The Morgan fingerprint density at radius 2 is 1.82 bits per heavy atom. The molecule has 6 heteroatoms. The van der Waals surface area contributed by atoms with Gasteiger partial charge in [0, 0.05) is 18.8 Å². The summed E-state index contributed by atoms with van der Waals surface area (Å²) in [6.45, 7) is 15.2. The number of benzene rings is 1. The van der Waals surface area contributed by atoms with Crippen LogP contribution >= 0.6 is 0 Å². The van der Waals surface area contributed by atoms with Gasteiger partial charge in [-0.25, -0.2) is 0 Å². The Morgan fingerprint density at radius 3 is 2.56 bits per heavy atom. The van der Waals surface area contributed by atoms with Crippen LogP contribution in [0.4, 0.5) is 0 Å². The zero-order valence-corrected chi connectivity index (χ0v) is 28.1. The third-order valence-corrected chi connectivity index (χ3v) is 12.7. The average Bonchev–Trinajstić information content (AvgIpc) is 3.27. The van der Waals surface area contributed by atoms with Gasteiger partial charge in [-0.3, -0.25) is 9.59 Å². The van der Waals surface area contributed by atoms with Crippen molar-refractivity contribution in [3.05, 3.63) is 53.6 Å². The van der Waals surface area contributed by atoms with E-state index >= 15 is 0 Å². The third kappa shape index (κ3) is 6.04. The maximum Gasteiger partial charge on any atom is 0.302 e. The molecule has 6 rings (SSSR count). The minimum atomic E-state index is -0.296. The molecular weight excluding hydrogens is 562 g/mol. The smallest absolute Gasteiger partial charge is 0.302 e. The predicted octanol–water partition coefficient (Wildman–Crippen LogP) is 7.72. The molecule has 4 aliphatic carbocycles. The number of esters is 1. The van der Waals surface area contributed by atoms with Crippen LogP contribution in [0.2, 0.25) is 0 Å². The number of carbonyl (C=O) groups is 2. The van der Waals surface area contributed by atoms with Crippen LogP contribution in [0.25, 0.3) is 6.08 Å². The Labute approximate surface area is 270 Å². The number of ketones is 1. The molecule has 0 bridgehead atoms. The summed E-state index contributed by atoms with van der Waals surface area (Å²) >= 11 is 0. The summed E-state index contributed by atoms with van der Waals surface area (Å²) < 4.78 is 18.7.